The number of sulfonamides is 1. The molecule has 0 saturated heterocycles. The van der Waals surface area contributed by atoms with Crippen molar-refractivity contribution in [2.45, 2.75) is 11.8 Å². The van der Waals surface area contributed by atoms with Gasteiger partial charge in [0.2, 0.25) is 0 Å². The Balaban J connectivity index is 1.76. The fourth-order valence-corrected chi connectivity index (χ4v) is 3.79. The van der Waals surface area contributed by atoms with Gasteiger partial charge in [0.1, 0.15) is 5.56 Å². The molecule has 0 bridgehead atoms. The van der Waals surface area contributed by atoms with Gasteiger partial charge in [-0.15, -0.1) is 0 Å². The summed E-state index contributed by atoms with van der Waals surface area (Å²) in [7, 11) is -2.65. The summed E-state index contributed by atoms with van der Waals surface area (Å²) in [5, 5.41) is 12.7. The van der Waals surface area contributed by atoms with Gasteiger partial charge in [0.25, 0.3) is 15.9 Å². The maximum absolute atomic E-state index is 12.5. The van der Waals surface area contributed by atoms with Crippen LogP contribution in [0.3, 0.4) is 0 Å². The zero-order valence-electron chi connectivity index (χ0n) is 16.7. The number of para-hydroxylation sites is 1. The standard InChI is InChI=1S/C22H20N2O6S/c1-14-6-10-16(11-7-14)24-31(28,29)17-12-8-15(9-13-17)21(26)23-19-5-3-4-18(20(19)25)22(27)30-2/h3-13,24-25H,1-2H3,(H,23,26). The van der Waals surface area contributed by atoms with Crippen molar-refractivity contribution in [1.29, 1.82) is 0 Å². The van der Waals surface area contributed by atoms with E-state index in [0.717, 1.165) is 5.56 Å². The van der Waals surface area contributed by atoms with Crippen LogP contribution in [-0.2, 0) is 14.8 Å². The summed E-state index contributed by atoms with van der Waals surface area (Å²) >= 11 is 0. The Morgan fingerprint density at radius 2 is 1.58 bits per heavy atom. The second-order valence-corrected chi connectivity index (χ2v) is 8.33. The molecule has 0 radical (unpaired) electrons. The Morgan fingerprint density at radius 1 is 0.935 bits per heavy atom. The zero-order chi connectivity index (χ0) is 22.6. The summed E-state index contributed by atoms with van der Waals surface area (Å²) in [6, 6.07) is 16.4. The number of ether oxygens (including phenoxy) is 1. The molecule has 0 spiro atoms. The molecule has 0 aliphatic heterocycles. The number of esters is 1. The number of amides is 1. The second-order valence-electron chi connectivity index (χ2n) is 6.64. The fourth-order valence-electron chi connectivity index (χ4n) is 2.73. The molecule has 3 N–H and O–H groups in total. The van der Waals surface area contributed by atoms with E-state index in [0.29, 0.717) is 5.69 Å². The van der Waals surface area contributed by atoms with Crippen molar-refractivity contribution in [3.8, 4) is 5.75 Å². The number of carbonyl (C=O) groups excluding carboxylic acids is 2. The first-order chi connectivity index (χ1) is 14.7. The third-order valence-electron chi connectivity index (χ3n) is 4.42. The molecule has 1 amide bonds. The first-order valence-corrected chi connectivity index (χ1v) is 10.6. The Morgan fingerprint density at radius 3 is 2.19 bits per heavy atom. The monoisotopic (exact) mass is 440 g/mol. The van der Waals surface area contributed by atoms with Crippen LogP contribution < -0.4 is 10.0 Å². The smallest absolute Gasteiger partial charge is 0.341 e. The van der Waals surface area contributed by atoms with Crippen LogP contribution in [0.4, 0.5) is 11.4 Å². The van der Waals surface area contributed by atoms with Crippen LogP contribution in [0.25, 0.3) is 0 Å². The van der Waals surface area contributed by atoms with Gasteiger partial charge in [-0.05, 0) is 55.5 Å². The third kappa shape index (κ3) is 5.01. The Kier molecular flexibility index (Phi) is 6.26. The van der Waals surface area contributed by atoms with Gasteiger partial charge < -0.3 is 15.2 Å². The summed E-state index contributed by atoms with van der Waals surface area (Å²) in [4.78, 5) is 24.1. The quantitative estimate of drug-likeness (QED) is 0.398. The van der Waals surface area contributed by atoms with Gasteiger partial charge in [-0.25, -0.2) is 13.2 Å². The highest BCUT2D eigenvalue weighted by molar-refractivity contribution is 7.92. The van der Waals surface area contributed by atoms with Crippen molar-refractivity contribution in [2.75, 3.05) is 17.1 Å². The fraction of sp³-hybridized carbons (Fsp3) is 0.0909. The number of hydrogen-bond acceptors (Lipinski definition) is 6. The van der Waals surface area contributed by atoms with Crippen molar-refractivity contribution < 1.29 is 27.9 Å². The van der Waals surface area contributed by atoms with Crippen molar-refractivity contribution >= 4 is 33.3 Å². The maximum Gasteiger partial charge on any atom is 0.341 e. The number of anilines is 2. The number of benzene rings is 3. The molecule has 0 atom stereocenters. The lowest BCUT2D eigenvalue weighted by molar-refractivity contribution is 0.0597. The van der Waals surface area contributed by atoms with E-state index in [1.54, 1.807) is 24.3 Å². The first kappa shape index (κ1) is 21.8. The van der Waals surface area contributed by atoms with E-state index in [4.69, 9.17) is 0 Å². The number of aromatic hydroxyl groups is 1. The number of phenols is 1. The number of methoxy groups -OCH3 is 1. The van der Waals surface area contributed by atoms with Gasteiger partial charge >= 0.3 is 5.97 Å². The minimum absolute atomic E-state index is 0.0137. The number of aryl methyl sites for hydroxylation is 1. The van der Waals surface area contributed by atoms with Gasteiger partial charge in [0.05, 0.1) is 17.7 Å². The number of phenolic OH excluding ortho intramolecular Hbond substituents is 1. The minimum atomic E-state index is -3.83. The van der Waals surface area contributed by atoms with Crippen molar-refractivity contribution in [2.24, 2.45) is 0 Å². The molecule has 0 fully saturated rings. The van der Waals surface area contributed by atoms with E-state index in [1.807, 2.05) is 6.92 Å². The predicted octanol–water partition coefficient (Wildman–Crippen LogP) is 3.54. The molecule has 3 aromatic rings. The molecule has 0 heterocycles. The molecule has 160 valence electrons. The highest BCUT2D eigenvalue weighted by Gasteiger charge is 2.18. The molecule has 0 unspecified atom stereocenters. The van der Waals surface area contributed by atoms with Gasteiger partial charge in [-0.3, -0.25) is 9.52 Å². The highest BCUT2D eigenvalue weighted by Crippen LogP contribution is 2.28. The third-order valence-corrected chi connectivity index (χ3v) is 5.82. The summed E-state index contributed by atoms with van der Waals surface area (Å²) in [6.45, 7) is 1.90. The van der Waals surface area contributed by atoms with Gasteiger partial charge in [-0.1, -0.05) is 23.8 Å². The SMILES string of the molecule is COC(=O)c1cccc(NC(=O)c2ccc(S(=O)(=O)Nc3ccc(C)cc3)cc2)c1O. The molecular formula is C22H20N2O6S. The molecule has 3 rings (SSSR count). The molecule has 0 aliphatic carbocycles. The van der Waals surface area contributed by atoms with E-state index < -0.39 is 27.6 Å². The first-order valence-electron chi connectivity index (χ1n) is 9.12. The maximum atomic E-state index is 12.5. The van der Waals surface area contributed by atoms with Crippen LogP contribution in [-0.4, -0.2) is 32.5 Å². The van der Waals surface area contributed by atoms with Crippen molar-refractivity contribution in [3.05, 3.63) is 83.4 Å². The number of hydrogen-bond donors (Lipinski definition) is 3. The number of carbonyl (C=O) groups is 2. The van der Waals surface area contributed by atoms with Crippen LogP contribution >= 0.6 is 0 Å². The Bertz CT molecular complexity index is 1220. The van der Waals surface area contributed by atoms with Crippen LogP contribution in [0.2, 0.25) is 0 Å². The van der Waals surface area contributed by atoms with E-state index in [2.05, 4.69) is 14.8 Å². The molecule has 0 saturated carbocycles. The summed E-state index contributed by atoms with van der Waals surface area (Å²) in [5.41, 5.74) is 1.52. The van der Waals surface area contributed by atoms with Crippen molar-refractivity contribution in [3.63, 3.8) is 0 Å². The lowest BCUT2D eigenvalue weighted by Crippen LogP contribution is -2.15. The normalized spacial score (nSPS) is 10.9. The van der Waals surface area contributed by atoms with Crippen LogP contribution in [0.15, 0.2) is 71.6 Å². The van der Waals surface area contributed by atoms with Crippen LogP contribution in [0.1, 0.15) is 26.3 Å². The zero-order valence-corrected chi connectivity index (χ0v) is 17.6. The van der Waals surface area contributed by atoms with E-state index in [9.17, 15) is 23.1 Å². The lowest BCUT2D eigenvalue weighted by atomic mass is 10.1. The topological polar surface area (TPSA) is 122 Å². The molecule has 0 aliphatic rings. The van der Waals surface area contributed by atoms with E-state index in [-0.39, 0.29) is 21.7 Å². The highest BCUT2D eigenvalue weighted by atomic mass is 32.2. The van der Waals surface area contributed by atoms with E-state index in [1.165, 1.54) is 49.6 Å². The van der Waals surface area contributed by atoms with Gasteiger partial charge in [0.15, 0.2) is 5.75 Å². The Labute approximate surface area is 179 Å². The average molecular weight is 440 g/mol. The van der Waals surface area contributed by atoms with Gasteiger partial charge in [-0.2, -0.15) is 0 Å². The van der Waals surface area contributed by atoms with Crippen LogP contribution in [0, 0.1) is 6.92 Å². The molecule has 9 heteroatoms. The molecule has 31 heavy (non-hydrogen) atoms. The van der Waals surface area contributed by atoms with Crippen LogP contribution in [0.5, 0.6) is 5.75 Å². The largest absolute Gasteiger partial charge is 0.505 e. The number of rotatable bonds is 6. The molecule has 0 aromatic heterocycles. The average Bonchev–Trinajstić information content (AvgIpc) is 2.76. The summed E-state index contributed by atoms with van der Waals surface area (Å²) < 4.78 is 32.1. The van der Waals surface area contributed by atoms with E-state index >= 15 is 0 Å². The minimum Gasteiger partial charge on any atom is -0.505 e. The van der Waals surface area contributed by atoms with Gasteiger partial charge in [0, 0.05) is 11.3 Å². The summed E-state index contributed by atoms with van der Waals surface area (Å²) in [6.07, 6.45) is 0. The Hall–Kier alpha value is -3.85. The molecular weight excluding hydrogens is 420 g/mol. The number of nitrogens with one attached hydrogen (secondary N) is 2. The summed E-state index contributed by atoms with van der Waals surface area (Å²) in [5.74, 6) is -1.76. The molecule has 8 nitrogen and oxygen atoms in total. The second kappa shape index (κ2) is 8.88. The molecule has 3 aromatic carbocycles. The van der Waals surface area contributed by atoms with Crippen molar-refractivity contribution in [1.82, 2.24) is 0 Å². The lowest BCUT2D eigenvalue weighted by Gasteiger charge is -2.11. The predicted molar refractivity (Wildman–Crippen MR) is 116 cm³/mol.